The molecular weight excluding hydrogens is 286 g/mol. The summed E-state index contributed by atoms with van der Waals surface area (Å²) in [6.07, 6.45) is 1.45. The van der Waals surface area contributed by atoms with E-state index >= 15 is 0 Å². The van der Waals surface area contributed by atoms with Crippen LogP contribution in [0.1, 0.15) is 16.1 Å². The van der Waals surface area contributed by atoms with Crippen LogP contribution < -0.4 is 17.0 Å². The second kappa shape index (κ2) is 6.01. The van der Waals surface area contributed by atoms with E-state index in [0.717, 1.165) is 4.90 Å². The van der Waals surface area contributed by atoms with Crippen LogP contribution in [0.2, 0.25) is 5.02 Å². The van der Waals surface area contributed by atoms with Crippen LogP contribution in [0.15, 0.2) is 39.8 Å². The Hall–Kier alpha value is -1.63. The molecule has 0 bridgehead atoms. The Labute approximate surface area is 119 Å². The average molecular weight is 298 g/mol. The number of carbonyl (C=O) groups excluding carboxylic acids is 1. The Morgan fingerprint density at radius 2 is 2.21 bits per heavy atom. The summed E-state index contributed by atoms with van der Waals surface area (Å²) in [5.74, 6) is 5.73. The van der Waals surface area contributed by atoms with Crippen molar-refractivity contribution in [3.63, 3.8) is 0 Å². The summed E-state index contributed by atoms with van der Waals surface area (Å²) < 4.78 is 5.27. The number of hydrogen-bond donors (Lipinski definition) is 3. The molecule has 1 amide bonds. The van der Waals surface area contributed by atoms with Crippen molar-refractivity contribution in [3.8, 4) is 0 Å². The molecule has 2 rings (SSSR count). The van der Waals surface area contributed by atoms with Gasteiger partial charge in [0.15, 0.2) is 0 Å². The van der Waals surface area contributed by atoms with Crippen molar-refractivity contribution in [2.24, 2.45) is 5.84 Å². The van der Waals surface area contributed by atoms with Crippen LogP contribution in [0.25, 0.3) is 0 Å². The first-order chi connectivity index (χ1) is 9.11. The van der Waals surface area contributed by atoms with E-state index in [-0.39, 0.29) is 5.91 Å². The lowest BCUT2D eigenvalue weighted by Crippen LogP contribution is -2.30. The Kier molecular flexibility index (Phi) is 4.36. The van der Waals surface area contributed by atoms with Crippen LogP contribution in [0.3, 0.4) is 0 Å². The Morgan fingerprint density at radius 1 is 1.42 bits per heavy atom. The molecule has 0 saturated heterocycles. The number of furan rings is 1. The zero-order valence-electron chi connectivity index (χ0n) is 9.85. The molecule has 1 aromatic carbocycles. The number of carbonyl (C=O) groups is 1. The number of halogens is 1. The molecule has 100 valence electrons. The van der Waals surface area contributed by atoms with Crippen LogP contribution in [0, 0.1) is 0 Å². The molecule has 0 unspecified atom stereocenters. The zero-order chi connectivity index (χ0) is 13.8. The fraction of sp³-hybridized carbons (Fsp3) is 0.0833. The van der Waals surface area contributed by atoms with Gasteiger partial charge in [0.25, 0.3) is 5.91 Å². The lowest BCUT2D eigenvalue weighted by molar-refractivity contribution is 0.0952. The van der Waals surface area contributed by atoms with E-state index in [4.69, 9.17) is 27.6 Å². The normalized spacial score (nSPS) is 10.4. The predicted molar refractivity (Wildman–Crippen MR) is 75.8 cm³/mol. The largest absolute Gasteiger partial charge is 0.468 e. The molecule has 0 radical (unpaired) electrons. The summed E-state index contributed by atoms with van der Waals surface area (Å²) >= 11 is 7.52. The maximum atomic E-state index is 11.5. The maximum Gasteiger partial charge on any atom is 0.268 e. The van der Waals surface area contributed by atoms with Gasteiger partial charge in [0.05, 0.1) is 22.6 Å². The summed E-state index contributed by atoms with van der Waals surface area (Å²) in [7, 11) is 0. The first-order valence-corrected chi connectivity index (χ1v) is 6.73. The van der Waals surface area contributed by atoms with E-state index in [9.17, 15) is 4.79 Å². The number of hydrazine groups is 1. The average Bonchev–Trinajstić information content (AvgIpc) is 2.85. The lowest BCUT2D eigenvalue weighted by Gasteiger charge is -2.05. The summed E-state index contributed by atoms with van der Waals surface area (Å²) in [6.45, 7) is 0. The molecule has 5 N–H and O–H groups in total. The second-order valence-electron chi connectivity index (χ2n) is 3.71. The Bertz CT molecular complexity index is 600. The molecular formula is C12H12ClN3O2S. The SMILES string of the molecule is NNC(=O)c1ccoc1CSc1ccc(N)cc1Cl. The van der Waals surface area contributed by atoms with Crippen molar-refractivity contribution in [1.82, 2.24) is 5.43 Å². The van der Waals surface area contributed by atoms with E-state index in [1.54, 1.807) is 18.2 Å². The highest BCUT2D eigenvalue weighted by Crippen LogP contribution is 2.32. The summed E-state index contributed by atoms with van der Waals surface area (Å²) in [4.78, 5) is 12.3. The Morgan fingerprint density at radius 3 is 2.89 bits per heavy atom. The second-order valence-corrected chi connectivity index (χ2v) is 5.13. The van der Waals surface area contributed by atoms with Crippen LogP contribution in [-0.2, 0) is 5.75 Å². The van der Waals surface area contributed by atoms with Gasteiger partial charge in [-0.2, -0.15) is 0 Å². The highest BCUT2D eigenvalue weighted by molar-refractivity contribution is 7.98. The third-order valence-corrected chi connectivity index (χ3v) is 3.93. The first kappa shape index (κ1) is 13.8. The van der Waals surface area contributed by atoms with E-state index in [0.29, 0.717) is 27.8 Å². The van der Waals surface area contributed by atoms with Gasteiger partial charge in [0, 0.05) is 10.6 Å². The maximum absolute atomic E-state index is 11.5. The van der Waals surface area contributed by atoms with Crippen LogP contribution >= 0.6 is 23.4 Å². The molecule has 1 heterocycles. The van der Waals surface area contributed by atoms with E-state index in [1.165, 1.54) is 18.0 Å². The van der Waals surface area contributed by atoms with Crippen molar-refractivity contribution in [1.29, 1.82) is 0 Å². The molecule has 1 aromatic heterocycles. The number of nitrogens with one attached hydrogen (secondary N) is 1. The number of amides is 1. The highest BCUT2D eigenvalue weighted by Gasteiger charge is 2.14. The van der Waals surface area contributed by atoms with Gasteiger partial charge in [0.2, 0.25) is 0 Å². The quantitative estimate of drug-likeness (QED) is 0.265. The van der Waals surface area contributed by atoms with Gasteiger partial charge in [0.1, 0.15) is 5.76 Å². The summed E-state index contributed by atoms with van der Waals surface area (Å²) in [5.41, 5.74) is 8.72. The topological polar surface area (TPSA) is 94.3 Å². The molecule has 0 fully saturated rings. The highest BCUT2D eigenvalue weighted by atomic mass is 35.5. The third-order valence-electron chi connectivity index (χ3n) is 2.44. The fourth-order valence-electron chi connectivity index (χ4n) is 1.51. The van der Waals surface area contributed by atoms with Gasteiger partial charge >= 0.3 is 0 Å². The van der Waals surface area contributed by atoms with Gasteiger partial charge in [-0.3, -0.25) is 10.2 Å². The molecule has 7 heteroatoms. The monoisotopic (exact) mass is 297 g/mol. The molecule has 0 atom stereocenters. The minimum atomic E-state index is -0.382. The van der Waals surface area contributed by atoms with Crippen molar-refractivity contribution in [2.45, 2.75) is 10.6 Å². The smallest absolute Gasteiger partial charge is 0.268 e. The number of anilines is 1. The van der Waals surface area contributed by atoms with Crippen LogP contribution in [-0.4, -0.2) is 5.91 Å². The molecule has 0 aliphatic heterocycles. The Balaban J connectivity index is 2.10. The van der Waals surface area contributed by atoms with Crippen molar-refractivity contribution < 1.29 is 9.21 Å². The van der Waals surface area contributed by atoms with Crippen LogP contribution in [0.4, 0.5) is 5.69 Å². The molecule has 19 heavy (non-hydrogen) atoms. The first-order valence-electron chi connectivity index (χ1n) is 5.37. The van der Waals surface area contributed by atoms with Gasteiger partial charge < -0.3 is 10.2 Å². The number of hydrogen-bond acceptors (Lipinski definition) is 5. The molecule has 0 saturated carbocycles. The zero-order valence-corrected chi connectivity index (χ0v) is 11.4. The van der Waals surface area contributed by atoms with Gasteiger partial charge in [-0.15, -0.1) is 11.8 Å². The number of benzene rings is 1. The number of nitrogen functional groups attached to an aromatic ring is 2. The number of thioether (sulfide) groups is 1. The molecule has 5 nitrogen and oxygen atoms in total. The van der Waals surface area contributed by atoms with E-state index < -0.39 is 0 Å². The fourth-order valence-corrected chi connectivity index (χ4v) is 2.73. The molecule has 0 spiro atoms. The van der Waals surface area contributed by atoms with Crippen LogP contribution in [0.5, 0.6) is 0 Å². The minimum Gasteiger partial charge on any atom is -0.468 e. The predicted octanol–water partition coefficient (Wildman–Crippen LogP) is 2.41. The van der Waals surface area contributed by atoms with Crippen molar-refractivity contribution >= 4 is 35.0 Å². The number of nitrogens with two attached hydrogens (primary N) is 2. The van der Waals surface area contributed by atoms with E-state index in [2.05, 4.69) is 5.43 Å². The van der Waals surface area contributed by atoms with Crippen molar-refractivity contribution in [2.75, 3.05) is 5.73 Å². The van der Waals surface area contributed by atoms with Crippen molar-refractivity contribution in [3.05, 3.63) is 46.9 Å². The summed E-state index contributed by atoms with van der Waals surface area (Å²) in [6, 6.07) is 6.85. The number of rotatable bonds is 4. The van der Waals surface area contributed by atoms with Gasteiger partial charge in [-0.05, 0) is 24.3 Å². The molecule has 0 aliphatic rings. The van der Waals surface area contributed by atoms with Gasteiger partial charge in [-0.25, -0.2) is 5.84 Å². The van der Waals surface area contributed by atoms with Gasteiger partial charge in [-0.1, -0.05) is 11.6 Å². The third kappa shape index (κ3) is 3.23. The lowest BCUT2D eigenvalue weighted by atomic mass is 10.2. The molecule has 2 aromatic rings. The molecule has 0 aliphatic carbocycles. The van der Waals surface area contributed by atoms with E-state index in [1.807, 2.05) is 6.07 Å². The minimum absolute atomic E-state index is 0.382. The standard InChI is InChI=1S/C12H12ClN3O2S/c13-9-5-7(14)1-2-11(9)19-6-10-8(3-4-18-10)12(17)16-15/h1-5H,6,14-15H2,(H,16,17). The summed E-state index contributed by atoms with van der Waals surface area (Å²) in [5, 5.41) is 0.571.